The van der Waals surface area contributed by atoms with Gasteiger partial charge in [0.2, 0.25) is 6.10 Å². The van der Waals surface area contributed by atoms with Crippen LogP contribution in [0.4, 0.5) is 32.0 Å². The topological polar surface area (TPSA) is 55.8 Å². The Hall–Kier alpha value is -3.24. The maximum absolute atomic E-state index is 13.1. The number of anilines is 1. The minimum atomic E-state index is -5.10. The monoisotopic (exact) mass is 433 g/mol. The van der Waals surface area contributed by atoms with E-state index in [0.29, 0.717) is 12.1 Å². The molecular weight excluding hydrogens is 420 g/mol. The van der Waals surface area contributed by atoms with E-state index in [1.165, 1.54) is 24.3 Å². The average molecular weight is 433 g/mol. The van der Waals surface area contributed by atoms with Crippen LogP contribution in [0.3, 0.4) is 0 Å². The largest absolute Gasteiger partial charge is 0.475 e. The third-order valence-corrected chi connectivity index (χ3v) is 4.32. The number of rotatable bonds is 2. The van der Waals surface area contributed by atoms with E-state index < -0.39 is 53.6 Å². The lowest BCUT2D eigenvalue weighted by Crippen LogP contribution is -2.47. The highest BCUT2D eigenvalue weighted by Crippen LogP contribution is 2.38. The van der Waals surface area contributed by atoms with Gasteiger partial charge in [-0.15, -0.1) is 0 Å². The Morgan fingerprint density at radius 1 is 1.00 bits per heavy atom. The number of amides is 1. The molecule has 0 bridgehead atoms. The van der Waals surface area contributed by atoms with Crippen molar-refractivity contribution in [1.82, 2.24) is 0 Å². The molecular formula is C19H13F6NO4. The summed E-state index contributed by atoms with van der Waals surface area (Å²) in [6.45, 7) is -0.458. The molecule has 2 aromatic carbocycles. The number of para-hydroxylation sites is 2. The fourth-order valence-corrected chi connectivity index (χ4v) is 2.92. The maximum atomic E-state index is 13.1. The standard InChI is InChI=1S/C19H13F6NO4/c1-29-17(28)15-9-26(13-4-2-3-5-14(13)30-15)16(27)10-6-11(18(20,21)22)8-12(7-10)19(23,24)25/h2-8,15H,9H2,1H3/t15-/m1/s1. The summed E-state index contributed by atoms with van der Waals surface area (Å²) in [6, 6.07) is 6.41. The summed E-state index contributed by atoms with van der Waals surface area (Å²) in [4.78, 5) is 25.7. The van der Waals surface area contributed by atoms with E-state index in [9.17, 15) is 35.9 Å². The van der Waals surface area contributed by atoms with Crippen molar-refractivity contribution < 1.29 is 45.4 Å². The number of esters is 1. The number of halogens is 6. The zero-order valence-corrected chi connectivity index (χ0v) is 15.2. The maximum Gasteiger partial charge on any atom is 0.416 e. The van der Waals surface area contributed by atoms with Crippen LogP contribution in [-0.4, -0.2) is 31.6 Å². The highest BCUT2D eigenvalue weighted by atomic mass is 19.4. The highest BCUT2D eigenvalue weighted by Gasteiger charge is 2.39. The quantitative estimate of drug-likeness (QED) is 0.524. The predicted molar refractivity (Wildman–Crippen MR) is 91.0 cm³/mol. The van der Waals surface area contributed by atoms with Gasteiger partial charge in [-0.1, -0.05) is 12.1 Å². The van der Waals surface area contributed by atoms with Crippen molar-refractivity contribution in [2.24, 2.45) is 0 Å². The SMILES string of the molecule is COC(=O)[C@H]1CN(C(=O)c2cc(C(F)(F)F)cc(C(F)(F)F)c2)c2ccccc2O1. The van der Waals surface area contributed by atoms with E-state index in [-0.39, 0.29) is 17.5 Å². The van der Waals surface area contributed by atoms with Gasteiger partial charge >= 0.3 is 18.3 Å². The molecule has 0 fully saturated rings. The van der Waals surface area contributed by atoms with Gasteiger partial charge in [-0.25, -0.2) is 4.79 Å². The van der Waals surface area contributed by atoms with E-state index >= 15 is 0 Å². The van der Waals surface area contributed by atoms with Crippen LogP contribution in [0.1, 0.15) is 21.5 Å². The summed E-state index contributed by atoms with van der Waals surface area (Å²) in [7, 11) is 1.07. The second-order valence-electron chi connectivity index (χ2n) is 6.31. The van der Waals surface area contributed by atoms with Gasteiger partial charge in [-0.2, -0.15) is 26.3 Å². The van der Waals surface area contributed by atoms with Crippen LogP contribution in [0.5, 0.6) is 5.75 Å². The van der Waals surface area contributed by atoms with Gasteiger partial charge in [0.25, 0.3) is 5.91 Å². The normalized spacial score (nSPS) is 16.5. The molecule has 0 spiro atoms. The van der Waals surface area contributed by atoms with E-state index in [2.05, 4.69) is 4.74 Å². The Kier molecular flexibility index (Phi) is 5.40. The van der Waals surface area contributed by atoms with Gasteiger partial charge in [-0.05, 0) is 30.3 Å². The minimum Gasteiger partial charge on any atom is -0.475 e. The van der Waals surface area contributed by atoms with Crippen LogP contribution in [0.15, 0.2) is 42.5 Å². The molecule has 160 valence electrons. The molecule has 5 nitrogen and oxygen atoms in total. The van der Waals surface area contributed by atoms with Crippen molar-refractivity contribution in [3.63, 3.8) is 0 Å². The number of nitrogens with zero attached hydrogens (tertiary/aromatic N) is 1. The van der Waals surface area contributed by atoms with Crippen LogP contribution in [-0.2, 0) is 21.9 Å². The first-order valence-corrected chi connectivity index (χ1v) is 8.36. The summed E-state index contributed by atoms with van der Waals surface area (Å²) in [6.07, 6.45) is -11.5. The number of methoxy groups -OCH3 is 1. The van der Waals surface area contributed by atoms with E-state index in [1.807, 2.05) is 0 Å². The molecule has 0 N–H and O–H groups in total. The highest BCUT2D eigenvalue weighted by molar-refractivity contribution is 6.08. The number of hydrogen-bond donors (Lipinski definition) is 0. The number of fused-ring (bicyclic) bond motifs is 1. The molecule has 1 aliphatic heterocycles. The molecule has 1 atom stereocenters. The predicted octanol–water partition coefficient (Wildman–Crippen LogP) is 4.31. The van der Waals surface area contributed by atoms with Crippen LogP contribution in [0, 0.1) is 0 Å². The number of benzene rings is 2. The lowest BCUT2D eigenvalue weighted by Gasteiger charge is -2.33. The first-order valence-electron chi connectivity index (χ1n) is 8.36. The fourth-order valence-electron chi connectivity index (χ4n) is 2.92. The first-order chi connectivity index (χ1) is 13.9. The molecule has 0 aromatic heterocycles. The third-order valence-electron chi connectivity index (χ3n) is 4.32. The third kappa shape index (κ3) is 4.19. The van der Waals surface area contributed by atoms with Crippen molar-refractivity contribution in [3.8, 4) is 5.75 Å². The summed E-state index contributed by atoms with van der Waals surface area (Å²) in [5, 5.41) is 0. The van der Waals surface area contributed by atoms with Gasteiger partial charge in [0.05, 0.1) is 30.5 Å². The van der Waals surface area contributed by atoms with Crippen LogP contribution < -0.4 is 9.64 Å². The first kappa shape index (κ1) is 21.5. The molecule has 0 aliphatic carbocycles. The molecule has 0 radical (unpaired) electrons. The van der Waals surface area contributed by atoms with Gasteiger partial charge in [0.15, 0.2) is 0 Å². The fraction of sp³-hybridized carbons (Fsp3) is 0.263. The van der Waals surface area contributed by atoms with Crippen molar-refractivity contribution in [1.29, 1.82) is 0 Å². The number of hydrogen-bond acceptors (Lipinski definition) is 4. The van der Waals surface area contributed by atoms with E-state index in [4.69, 9.17) is 4.74 Å². The molecule has 30 heavy (non-hydrogen) atoms. The molecule has 11 heteroatoms. The number of carbonyl (C=O) groups excluding carboxylic acids is 2. The Bertz CT molecular complexity index is 953. The molecule has 1 aliphatic rings. The zero-order chi connectivity index (χ0) is 22.3. The molecule has 0 saturated heterocycles. The smallest absolute Gasteiger partial charge is 0.416 e. The van der Waals surface area contributed by atoms with Crippen molar-refractivity contribution in [3.05, 3.63) is 59.2 Å². The summed E-state index contributed by atoms with van der Waals surface area (Å²) < 4.78 is 88.7. The van der Waals surface area contributed by atoms with Gasteiger partial charge in [0, 0.05) is 5.56 Å². The van der Waals surface area contributed by atoms with Crippen molar-refractivity contribution >= 4 is 17.6 Å². The van der Waals surface area contributed by atoms with Gasteiger partial charge < -0.3 is 14.4 Å². The average Bonchev–Trinajstić information content (AvgIpc) is 2.70. The van der Waals surface area contributed by atoms with Crippen LogP contribution in [0.25, 0.3) is 0 Å². The molecule has 1 heterocycles. The second-order valence-corrected chi connectivity index (χ2v) is 6.31. The Morgan fingerprint density at radius 3 is 2.10 bits per heavy atom. The number of carbonyl (C=O) groups is 2. The van der Waals surface area contributed by atoms with Crippen LogP contribution in [0.2, 0.25) is 0 Å². The molecule has 0 saturated carbocycles. The Morgan fingerprint density at radius 2 is 1.57 bits per heavy atom. The van der Waals surface area contributed by atoms with Crippen molar-refractivity contribution in [2.45, 2.75) is 18.5 Å². The lowest BCUT2D eigenvalue weighted by molar-refractivity contribution is -0.148. The minimum absolute atomic E-state index is 0.0514. The van der Waals surface area contributed by atoms with Gasteiger partial charge in [0.1, 0.15) is 5.75 Å². The molecule has 0 unspecified atom stereocenters. The Labute approximate surface area is 165 Å². The number of ether oxygens (including phenoxy) is 2. The summed E-state index contributed by atoms with van der Waals surface area (Å²) >= 11 is 0. The lowest BCUT2D eigenvalue weighted by atomic mass is 10.0. The summed E-state index contributed by atoms with van der Waals surface area (Å²) in [5.41, 5.74) is -3.98. The Balaban J connectivity index is 2.10. The molecule has 1 amide bonds. The van der Waals surface area contributed by atoms with E-state index in [0.717, 1.165) is 12.0 Å². The number of alkyl halides is 6. The zero-order valence-electron chi connectivity index (χ0n) is 15.2. The second kappa shape index (κ2) is 7.54. The van der Waals surface area contributed by atoms with E-state index in [1.54, 1.807) is 0 Å². The van der Waals surface area contributed by atoms with Crippen molar-refractivity contribution in [2.75, 3.05) is 18.6 Å². The van der Waals surface area contributed by atoms with Gasteiger partial charge in [-0.3, -0.25) is 4.79 Å². The molecule has 3 rings (SSSR count). The summed E-state index contributed by atoms with van der Waals surface area (Å²) in [5.74, 6) is -1.96. The van der Waals surface area contributed by atoms with Crippen LogP contribution >= 0.6 is 0 Å². The molecule has 2 aromatic rings.